The SMILES string of the molecule is COCCOCCCS(=O)(=O)c1ccc(C(=O)O)cc1. The number of sulfone groups is 1. The molecule has 7 heteroatoms. The van der Waals surface area contributed by atoms with Crippen molar-refractivity contribution < 1.29 is 27.8 Å². The zero-order valence-corrected chi connectivity index (χ0v) is 12.1. The fourth-order valence-corrected chi connectivity index (χ4v) is 2.80. The Labute approximate surface area is 118 Å². The van der Waals surface area contributed by atoms with Gasteiger partial charge < -0.3 is 14.6 Å². The minimum Gasteiger partial charge on any atom is -0.478 e. The molecule has 112 valence electrons. The summed E-state index contributed by atoms with van der Waals surface area (Å²) in [6, 6.07) is 5.18. The maximum atomic E-state index is 12.0. The van der Waals surface area contributed by atoms with Gasteiger partial charge in [0.25, 0.3) is 0 Å². The van der Waals surface area contributed by atoms with Gasteiger partial charge in [-0.2, -0.15) is 0 Å². The van der Waals surface area contributed by atoms with E-state index in [1.165, 1.54) is 24.3 Å². The second-order valence-electron chi connectivity index (χ2n) is 4.11. The van der Waals surface area contributed by atoms with Gasteiger partial charge in [-0.25, -0.2) is 13.2 Å². The molecule has 0 unspecified atom stereocenters. The smallest absolute Gasteiger partial charge is 0.335 e. The summed E-state index contributed by atoms with van der Waals surface area (Å²) in [5.41, 5.74) is 0.0619. The number of methoxy groups -OCH3 is 1. The quantitative estimate of drug-likeness (QED) is 0.690. The fraction of sp³-hybridized carbons (Fsp3) is 0.462. The molecule has 0 spiro atoms. The van der Waals surface area contributed by atoms with Crippen LogP contribution in [-0.2, 0) is 19.3 Å². The molecular formula is C13H18O6S. The highest BCUT2D eigenvalue weighted by molar-refractivity contribution is 7.91. The summed E-state index contributed by atoms with van der Waals surface area (Å²) in [5, 5.41) is 8.75. The number of carbonyl (C=O) groups is 1. The lowest BCUT2D eigenvalue weighted by Crippen LogP contribution is -2.11. The maximum absolute atomic E-state index is 12.0. The number of carboxylic acid groups (broad SMARTS) is 1. The maximum Gasteiger partial charge on any atom is 0.335 e. The van der Waals surface area contributed by atoms with Crippen LogP contribution in [0, 0.1) is 0 Å². The molecule has 0 fully saturated rings. The summed E-state index contributed by atoms with van der Waals surface area (Å²) in [6.07, 6.45) is 0.382. The Morgan fingerprint density at radius 2 is 1.80 bits per heavy atom. The van der Waals surface area contributed by atoms with E-state index < -0.39 is 15.8 Å². The first-order valence-electron chi connectivity index (χ1n) is 6.10. The number of ether oxygens (including phenoxy) is 2. The lowest BCUT2D eigenvalue weighted by atomic mass is 10.2. The van der Waals surface area contributed by atoms with Crippen LogP contribution in [0.4, 0.5) is 0 Å². The van der Waals surface area contributed by atoms with E-state index in [0.29, 0.717) is 26.2 Å². The molecule has 1 aromatic carbocycles. The molecule has 0 aliphatic carbocycles. The average Bonchev–Trinajstić information content (AvgIpc) is 2.43. The Hall–Kier alpha value is -1.44. The van der Waals surface area contributed by atoms with Gasteiger partial charge >= 0.3 is 5.97 Å². The van der Waals surface area contributed by atoms with Crippen molar-refractivity contribution in [2.75, 3.05) is 32.7 Å². The predicted octanol–water partition coefficient (Wildman–Crippen LogP) is 1.21. The zero-order chi connectivity index (χ0) is 15.0. The predicted molar refractivity (Wildman–Crippen MR) is 72.8 cm³/mol. The van der Waals surface area contributed by atoms with Crippen molar-refractivity contribution in [3.63, 3.8) is 0 Å². The summed E-state index contributed by atoms with van der Waals surface area (Å²) < 4.78 is 33.9. The minimum atomic E-state index is -3.40. The van der Waals surface area contributed by atoms with Crippen molar-refractivity contribution in [1.82, 2.24) is 0 Å². The molecule has 20 heavy (non-hydrogen) atoms. The van der Waals surface area contributed by atoms with Crippen molar-refractivity contribution in [3.05, 3.63) is 29.8 Å². The first kappa shape index (κ1) is 16.6. The number of aromatic carboxylic acids is 1. The van der Waals surface area contributed by atoms with Crippen molar-refractivity contribution in [2.24, 2.45) is 0 Å². The highest BCUT2D eigenvalue weighted by atomic mass is 32.2. The van der Waals surface area contributed by atoms with Gasteiger partial charge in [0.15, 0.2) is 9.84 Å². The van der Waals surface area contributed by atoms with Crippen LogP contribution in [0.25, 0.3) is 0 Å². The topological polar surface area (TPSA) is 89.9 Å². The molecule has 1 N–H and O–H groups in total. The van der Waals surface area contributed by atoms with Crippen molar-refractivity contribution in [2.45, 2.75) is 11.3 Å². The van der Waals surface area contributed by atoms with E-state index in [0.717, 1.165) is 0 Å². The first-order valence-corrected chi connectivity index (χ1v) is 7.75. The lowest BCUT2D eigenvalue weighted by molar-refractivity contribution is 0.0696. The number of hydrogen-bond acceptors (Lipinski definition) is 5. The van der Waals surface area contributed by atoms with Crippen LogP contribution >= 0.6 is 0 Å². The molecule has 0 aromatic heterocycles. The summed E-state index contributed by atoms with van der Waals surface area (Å²) in [6.45, 7) is 1.25. The Balaban J connectivity index is 2.49. The third kappa shape index (κ3) is 5.28. The lowest BCUT2D eigenvalue weighted by Gasteiger charge is -2.06. The van der Waals surface area contributed by atoms with E-state index in [-0.39, 0.29) is 16.2 Å². The van der Waals surface area contributed by atoms with Crippen LogP contribution in [0.2, 0.25) is 0 Å². The van der Waals surface area contributed by atoms with Gasteiger partial charge in [0, 0.05) is 13.7 Å². The number of benzene rings is 1. The van der Waals surface area contributed by atoms with E-state index in [1.807, 2.05) is 0 Å². The molecule has 0 amide bonds. The molecule has 1 aromatic rings. The van der Waals surface area contributed by atoms with Crippen LogP contribution in [0.3, 0.4) is 0 Å². The van der Waals surface area contributed by atoms with Crippen LogP contribution in [0.15, 0.2) is 29.2 Å². The molecule has 0 saturated carbocycles. The average molecular weight is 302 g/mol. The van der Waals surface area contributed by atoms with E-state index >= 15 is 0 Å². The molecule has 0 heterocycles. The number of rotatable bonds is 9. The summed E-state index contributed by atoms with van der Waals surface area (Å²) in [5.74, 6) is -1.12. The van der Waals surface area contributed by atoms with Crippen molar-refractivity contribution >= 4 is 15.8 Å². The fourth-order valence-electron chi connectivity index (χ4n) is 1.52. The molecule has 0 bridgehead atoms. The standard InChI is InChI=1S/C13H18O6S/c1-18-8-9-19-7-2-10-20(16,17)12-5-3-11(4-6-12)13(14)15/h3-6H,2,7-10H2,1H3,(H,14,15). The van der Waals surface area contributed by atoms with Crippen molar-refractivity contribution in [3.8, 4) is 0 Å². The van der Waals surface area contributed by atoms with Crippen LogP contribution in [0.1, 0.15) is 16.8 Å². The highest BCUT2D eigenvalue weighted by Gasteiger charge is 2.14. The van der Waals surface area contributed by atoms with E-state index in [2.05, 4.69) is 0 Å². The second-order valence-corrected chi connectivity index (χ2v) is 6.22. The van der Waals surface area contributed by atoms with Gasteiger partial charge in [0.2, 0.25) is 0 Å². The largest absolute Gasteiger partial charge is 0.478 e. The third-order valence-electron chi connectivity index (χ3n) is 2.59. The third-order valence-corrected chi connectivity index (χ3v) is 4.41. The number of hydrogen-bond donors (Lipinski definition) is 1. The van der Waals surface area contributed by atoms with Gasteiger partial charge in [-0.3, -0.25) is 0 Å². The molecule has 0 saturated heterocycles. The van der Waals surface area contributed by atoms with Gasteiger partial charge in [-0.05, 0) is 30.7 Å². The molecule has 6 nitrogen and oxygen atoms in total. The second kappa shape index (κ2) is 7.98. The minimum absolute atomic E-state index is 0.0353. The Morgan fingerprint density at radius 3 is 2.35 bits per heavy atom. The molecule has 0 radical (unpaired) electrons. The normalized spacial score (nSPS) is 11.4. The molecule has 0 atom stereocenters. The van der Waals surface area contributed by atoms with Crippen LogP contribution in [0.5, 0.6) is 0 Å². The van der Waals surface area contributed by atoms with Gasteiger partial charge in [-0.15, -0.1) is 0 Å². The first-order chi connectivity index (χ1) is 9.47. The molecule has 1 rings (SSSR count). The van der Waals surface area contributed by atoms with Crippen LogP contribution < -0.4 is 0 Å². The van der Waals surface area contributed by atoms with E-state index in [1.54, 1.807) is 7.11 Å². The van der Waals surface area contributed by atoms with E-state index in [9.17, 15) is 13.2 Å². The molecule has 0 aliphatic heterocycles. The van der Waals surface area contributed by atoms with Gasteiger partial charge in [0.1, 0.15) is 0 Å². The number of carboxylic acids is 1. The Kier molecular flexibility index (Phi) is 6.63. The zero-order valence-electron chi connectivity index (χ0n) is 11.2. The van der Waals surface area contributed by atoms with E-state index in [4.69, 9.17) is 14.6 Å². The molecule has 0 aliphatic rings. The Morgan fingerprint density at radius 1 is 1.15 bits per heavy atom. The molecular weight excluding hydrogens is 284 g/mol. The van der Waals surface area contributed by atoms with Crippen molar-refractivity contribution in [1.29, 1.82) is 0 Å². The highest BCUT2D eigenvalue weighted by Crippen LogP contribution is 2.13. The monoisotopic (exact) mass is 302 g/mol. The summed E-state index contributed by atoms with van der Waals surface area (Å²) >= 11 is 0. The Bertz CT molecular complexity index is 520. The summed E-state index contributed by atoms with van der Waals surface area (Å²) in [7, 11) is -1.84. The van der Waals surface area contributed by atoms with Crippen LogP contribution in [-0.4, -0.2) is 52.2 Å². The van der Waals surface area contributed by atoms with Gasteiger partial charge in [-0.1, -0.05) is 0 Å². The van der Waals surface area contributed by atoms with Gasteiger partial charge in [0.05, 0.1) is 29.4 Å². The summed E-state index contributed by atoms with van der Waals surface area (Å²) in [4.78, 5) is 10.8.